The fourth-order valence-electron chi connectivity index (χ4n) is 4.34. The van der Waals surface area contributed by atoms with E-state index in [4.69, 9.17) is 0 Å². The minimum atomic E-state index is 0.178. The third kappa shape index (κ3) is 4.14. The molecule has 0 spiro atoms. The third-order valence-corrected chi connectivity index (χ3v) is 5.54. The molecule has 5 nitrogen and oxygen atoms in total. The van der Waals surface area contributed by atoms with E-state index < -0.39 is 0 Å². The number of rotatable bonds is 5. The van der Waals surface area contributed by atoms with Crippen molar-refractivity contribution in [3.05, 3.63) is 17.5 Å². The summed E-state index contributed by atoms with van der Waals surface area (Å²) in [5.74, 6) is 0.894. The fraction of sp³-hybridized carbons (Fsp3) is 0.778. The summed E-state index contributed by atoms with van der Waals surface area (Å²) in [5, 5.41) is 7.36. The molecule has 3 heterocycles. The Bertz CT molecular complexity index is 537. The highest BCUT2D eigenvalue weighted by atomic mass is 16.1. The van der Waals surface area contributed by atoms with Crippen LogP contribution in [0.1, 0.15) is 56.3 Å². The van der Waals surface area contributed by atoms with Gasteiger partial charge in [0.05, 0.1) is 17.9 Å². The van der Waals surface area contributed by atoms with Gasteiger partial charge < -0.3 is 10.2 Å². The van der Waals surface area contributed by atoms with Gasteiger partial charge in [-0.2, -0.15) is 5.10 Å². The van der Waals surface area contributed by atoms with Gasteiger partial charge in [-0.25, -0.2) is 0 Å². The summed E-state index contributed by atoms with van der Waals surface area (Å²) in [5.41, 5.74) is 2.06. The molecule has 23 heavy (non-hydrogen) atoms. The van der Waals surface area contributed by atoms with Crippen molar-refractivity contribution in [3.8, 4) is 0 Å². The first-order valence-corrected chi connectivity index (χ1v) is 9.14. The van der Waals surface area contributed by atoms with Crippen LogP contribution in [-0.2, 0) is 18.4 Å². The van der Waals surface area contributed by atoms with Crippen LogP contribution in [-0.4, -0.2) is 39.7 Å². The van der Waals surface area contributed by atoms with Crippen LogP contribution in [0.15, 0.2) is 6.07 Å². The normalized spacial score (nSPS) is 25.1. The minimum Gasteiger partial charge on any atom is -0.350 e. The lowest BCUT2D eigenvalue weighted by atomic mass is 9.81. The van der Waals surface area contributed by atoms with Crippen molar-refractivity contribution in [2.45, 2.75) is 64.5 Å². The molecular weight excluding hydrogens is 288 g/mol. The summed E-state index contributed by atoms with van der Waals surface area (Å²) in [7, 11) is 1.92. The molecule has 0 radical (unpaired) electrons. The van der Waals surface area contributed by atoms with Crippen LogP contribution in [0.2, 0.25) is 0 Å². The van der Waals surface area contributed by atoms with E-state index in [1.165, 1.54) is 45.2 Å². The molecule has 2 aliphatic rings. The number of nitrogens with zero attached hydrogens (tertiary/aromatic N) is 3. The largest absolute Gasteiger partial charge is 0.350 e. The second-order valence-corrected chi connectivity index (χ2v) is 7.22. The number of aromatic nitrogens is 2. The molecule has 2 aliphatic heterocycles. The van der Waals surface area contributed by atoms with Crippen molar-refractivity contribution in [3.63, 3.8) is 0 Å². The van der Waals surface area contributed by atoms with Gasteiger partial charge >= 0.3 is 0 Å². The number of nitrogens with one attached hydrogen (secondary N) is 1. The molecule has 0 aromatic carbocycles. The zero-order valence-electron chi connectivity index (χ0n) is 14.6. The van der Waals surface area contributed by atoms with Gasteiger partial charge in [-0.3, -0.25) is 9.48 Å². The van der Waals surface area contributed by atoms with Gasteiger partial charge in [-0.1, -0.05) is 6.42 Å². The molecule has 0 aliphatic carbocycles. The van der Waals surface area contributed by atoms with Crippen LogP contribution in [0.4, 0.5) is 0 Å². The maximum atomic E-state index is 12.2. The summed E-state index contributed by atoms with van der Waals surface area (Å²) in [6.45, 7) is 5.10. The Morgan fingerprint density at radius 3 is 2.91 bits per heavy atom. The van der Waals surface area contributed by atoms with E-state index in [-0.39, 0.29) is 5.91 Å². The molecule has 1 N–H and O–H groups in total. The smallest absolute Gasteiger partial charge is 0.220 e. The highest BCUT2D eigenvalue weighted by molar-refractivity contribution is 5.75. The Balaban J connectivity index is 1.44. The summed E-state index contributed by atoms with van der Waals surface area (Å²) >= 11 is 0. The number of aryl methyl sites for hydroxylation is 2. The van der Waals surface area contributed by atoms with Gasteiger partial charge in [-0.05, 0) is 64.1 Å². The molecule has 2 atom stereocenters. The van der Waals surface area contributed by atoms with Gasteiger partial charge in [0.2, 0.25) is 5.91 Å². The van der Waals surface area contributed by atoms with Gasteiger partial charge in [0.1, 0.15) is 0 Å². The van der Waals surface area contributed by atoms with E-state index in [0.717, 1.165) is 23.9 Å². The van der Waals surface area contributed by atoms with Crippen molar-refractivity contribution >= 4 is 5.91 Å². The third-order valence-electron chi connectivity index (χ3n) is 5.54. The number of hydrogen-bond acceptors (Lipinski definition) is 3. The summed E-state index contributed by atoms with van der Waals surface area (Å²) in [6.07, 6.45) is 8.35. The van der Waals surface area contributed by atoms with Crippen molar-refractivity contribution in [1.29, 1.82) is 0 Å². The Morgan fingerprint density at radius 2 is 2.13 bits per heavy atom. The predicted molar refractivity (Wildman–Crippen MR) is 91.0 cm³/mol. The van der Waals surface area contributed by atoms with Crippen LogP contribution in [0.25, 0.3) is 0 Å². The standard InChI is InChI=1S/C18H30N4O/c1-14-12-16(21(2)20-14)13-19-18(23)9-8-15-6-5-11-22-10-4-3-7-17(15)22/h12,15,17H,3-11,13H2,1-2H3,(H,19,23)/t15?,17-/m0/s1. The van der Waals surface area contributed by atoms with Crippen LogP contribution < -0.4 is 5.32 Å². The maximum absolute atomic E-state index is 12.2. The number of piperidine rings is 2. The molecule has 1 aromatic rings. The van der Waals surface area contributed by atoms with Crippen LogP contribution in [0, 0.1) is 12.8 Å². The molecule has 0 saturated carbocycles. The molecule has 1 unspecified atom stereocenters. The lowest BCUT2D eigenvalue weighted by molar-refractivity contribution is -0.121. The monoisotopic (exact) mass is 318 g/mol. The predicted octanol–water partition coefficient (Wildman–Crippen LogP) is 2.39. The zero-order valence-corrected chi connectivity index (χ0v) is 14.6. The highest BCUT2D eigenvalue weighted by Crippen LogP contribution is 2.33. The minimum absolute atomic E-state index is 0.178. The first kappa shape index (κ1) is 16.5. The number of carbonyl (C=O) groups is 1. The Labute approximate surface area is 139 Å². The second-order valence-electron chi connectivity index (χ2n) is 7.22. The lowest BCUT2D eigenvalue weighted by Gasteiger charge is -2.44. The van der Waals surface area contributed by atoms with E-state index in [1.54, 1.807) is 0 Å². The lowest BCUT2D eigenvalue weighted by Crippen LogP contribution is -2.48. The molecule has 2 fully saturated rings. The Morgan fingerprint density at radius 1 is 1.30 bits per heavy atom. The number of hydrogen-bond donors (Lipinski definition) is 1. The fourth-order valence-corrected chi connectivity index (χ4v) is 4.34. The van der Waals surface area contributed by atoms with E-state index in [1.807, 2.05) is 24.7 Å². The summed E-state index contributed by atoms with van der Waals surface area (Å²) < 4.78 is 1.84. The Hall–Kier alpha value is -1.36. The van der Waals surface area contributed by atoms with Crippen molar-refractivity contribution in [1.82, 2.24) is 20.0 Å². The molecule has 1 aromatic heterocycles. The molecule has 128 valence electrons. The van der Waals surface area contributed by atoms with Gasteiger partial charge in [-0.15, -0.1) is 0 Å². The first-order valence-electron chi connectivity index (χ1n) is 9.14. The Kier molecular flexibility index (Phi) is 5.36. The summed E-state index contributed by atoms with van der Waals surface area (Å²) in [4.78, 5) is 14.9. The highest BCUT2D eigenvalue weighted by Gasteiger charge is 2.32. The SMILES string of the molecule is Cc1cc(CNC(=O)CCC2CCCN3CCCC[C@@H]23)n(C)n1. The van der Waals surface area contributed by atoms with Crippen LogP contribution >= 0.6 is 0 Å². The van der Waals surface area contributed by atoms with Crippen LogP contribution in [0.3, 0.4) is 0 Å². The molecule has 1 amide bonds. The van der Waals surface area contributed by atoms with E-state index >= 15 is 0 Å². The average molecular weight is 318 g/mol. The second kappa shape index (κ2) is 7.47. The van der Waals surface area contributed by atoms with E-state index in [9.17, 15) is 4.79 Å². The quantitative estimate of drug-likeness (QED) is 0.907. The molecule has 0 bridgehead atoms. The number of carbonyl (C=O) groups excluding carboxylic acids is 1. The number of amides is 1. The van der Waals surface area contributed by atoms with Crippen molar-refractivity contribution in [2.75, 3.05) is 13.1 Å². The van der Waals surface area contributed by atoms with Gasteiger partial charge in [0.25, 0.3) is 0 Å². The molecule has 5 heteroatoms. The van der Waals surface area contributed by atoms with E-state index in [2.05, 4.69) is 15.3 Å². The topological polar surface area (TPSA) is 50.2 Å². The van der Waals surface area contributed by atoms with Crippen LogP contribution in [0.5, 0.6) is 0 Å². The van der Waals surface area contributed by atoms with Gasteiger partial charge in [0, 0.05) is 19.5 Å². The van der Waals surface area contributed by atoms with Crippen molar-refractivity contribution in [2.24, 2.45) is 13.0 Å². The average Bonchev–Trinajstić information content (AvgIpc) is 2.88. The molecular formula is C18H30N4O. The summed E-state index contributed by atoms with van der Waals surface area (Å²) in [6, 6.07) is 2.77. The molecule has 2 saturated heterocycles. The van der Waals surface area contributed by atoms with Crippen molar-refractivity contribution < 1.29 is 4.79 Å². The first-order chi connectivity index (χ1) is 11.1. The zero-order chi connectivity index (χ0) is 16.2. The van der Waals surface area contributed by atoms with E-state index in [0.29, 0.717) is 18.9 Å². The van der Waals surface area contributed by atoms with Gasteiger partial charge in [0.15, 0.2) is 0 Å². The maximum Gasteiger partial charge on any atom is 0.220 e. The molecule has 3 rings (SSSR count). The number of fused-ring (bicyclic) bond motifs is 1.